The number of hydrogen-bond acceptors (Lipinski definition) is 1. The molecule has 0 aromatic heterocycles. The van der Waals surface area contributed by atoms with Crippen LogP contribution in [0.1, 0.15) is 47.2 Å². The van der Waals surface area contributed by atoms with Crippen LogP contribution in [0.2, 0.25) is 0 Å². The van der Waals surface area contributed by atoms with Crippen molar-refractivity contribution in [2.24, 2.45) is 0 Å². The molecule has 0 bridgehead atoms. The first-order chi connectivity index (χ1) is 23.1. The lowest BCUT2D eigenvalue weighted by atomic mass is 9.70. The van der Waals surface area contributed by atoms with Crippen LogP contribution in [-0.2, 0) is 10.8 Å². The van der Waals surface area contributed by atoms with Crippen molar-refractivity contribution in [1.29, 1.82) is 0 Å². The van der Waals surface area contributed by atoms with Crippen molar-refractivity contribution in [3.63, 3.8) is 0 Å². The Hall–Kier alpha value is -5.66. The van der Waals surface area contributed by atoms with Gasteiger partial charge in [0, 0.05) is 16.7 Å². The van der Waals surface area contributed by atoms with Crippen molar-refractivity contribution in [3.8, 4) is 33.4 Å². The summed E-state index contributed by atoms with van der Waals surface area (Å²) in [5.41, 5.74) is 19.1. The molecule has 10 rings (SSSR count). The lowest BCUT2D eigenvalue weighted by molar-refractivity contribution is 0.660. The Labute approximate surface area is 276 Å². The predicted octanol–water partition coefficient (Wildman–Crippen LogP) is 11.8. The van der Waals surface area contributed by atoms with E-state index in [0.717, 1.165) is 5.69 Å². The van der Waals surface area contributed by atoms with Crippen LogP contribution in [0.4, 0.5) is 17.1 Å². The third-order valence-electron chi connectivity index (χ3n) is 11.0. The molecule has 1 nitrogen and oxygen atoms in total. The Morgan fingerprint density at radius 3 is 1.28 bits per heavy atom. The topological polar surface area (TPSA) is 3.24 Å². The lowest BCUT2D eigenvalue weighted by Crippen LogP contribution is -2.29. The molecule has 0 saturated heterocycles. The summed E-state index contributed by atoms with van der Waals surface area (Å²) in [7, 11) is 0. The molecule has 1 heteroatoms. The van der Waals surface area contributed by atoms with Gasteiger partial charge in [0.2, 0.25) is 0 Å². The van der Waals surface area contributed by atoms with E-state index in [4.69, 9.17) is 0 Å². The Kier molecular flexibility index (Phi) is 5.33. The van der Waals surface area contributed by atoms with Crippen LogP contribution in [0.25, 0.3) is 33.4 Å². The van der Waals surface area contributed by atoms with Crippen molar-refractivity contribution >= 4 is 17.1 Å². The first-order valence-electron chi connectivity index (χ1n) is 16.6. The average Bonchev–Trinajstić information content (AvgIpc) is 3.69. The van der Waals surface area contributed by atoms with Crippen LogP contribution in [-0.4, -0.2) is 0 Å². The molecule has 0 radical (unpaired) electrons. The number of benzene rings is 7. The summed E-state index contributed by atoms with van der Waals surface area (Å²) >= 11 is 0. The summed E-state index contributed by atoms with van der Waals surface area (Å²) < 4.78 is 0. The average molecular weight is 600 g/mol. The van der Waals surface area contributed by atoms with Gasteiger partial charge in [-0.2, -0.15) is 0 Å². The van der Waals surface area contributed by atoms with Gasteiger partial charge < -0.3 is 4.90 Å². The fraction of sp³-hybridized carbons (Fsp3) is 0.0870. The van der Waals surface area contributed by atoms with Crippen LogP contribution in [0.3, 0.4) is 0 Å². The van der Waals surface area contributed by atoms with Crippen molar-refractivity contribution < 1.29 is 0 Å². The van der Waals surface area contributed by atoms with Gasteiger partial charge in [-0.05, 0) is 85.5 Å². The third kappa shape index (κ3) is 3.29. The van der Waals surface area contributed by atoms with E-state index in [2.05, 4.69) is 183 Å². The summed E-state index contributed by atoms with van der Waals surface area (Å²) in [5.74, 6) is 0. The van der Waals surface area contributed by atoms with E-state index in [-0.39, 0.29) is 5.41 Å². The summed E-state index contributed by atoms with van der Waals surface area (Å²) in [5, 5.41) is 0. The van der Waals surface area contributed by atoms with Crippen molar-refractivity contribution in [3.05, 3.63) is 197 Å². The fourth-order valence-corrected chi connectivity index (χ4v) is 9.31. The van der Waals surface area contributed by atoms with Gasteiger partial charge in [-0.25, -0.2) is 0 Å². The molecular weight excluding hydrogens is 567 g/mol. The SMILES string of the molecule is CC1(C)c2ccccc2-c2cccc(N(c3ccccc3)c3cccc4c3C3(c5ccccc5-c5ccccc53)c3ccccc3-4)c21. The van der Waals surface area contributed by atoms with Gasteiger partial charge in [0.1, 0.15) is 0 Å². The molecule has 0 amide bonds. The van der Waals surface area contributed by atoms with Crippen molar-refractivity contribution in [1.82, 2.24) is 0 Å². The van der Waals surface area contributed by atoms with Crippen molar-refractivity contribution in [2.75, 3.05) is 4.90 Å². The fourth-order valence-electron chi connectivity index (χ4n) is 9.31. The number of hydrogen-bond donors (Lipinski definition) is 0. The van der Waals surface area contributed by atoms with Crippen molar-refractivity contribution in [2.45, 2.75) is 24.7 Å². The Balaban J connectivity index is 1.35. The molecule has 0 unspecified atom stereocenters. The lowest BCUT2D eigenvalue weighted by Gasteiger charge is -2.37. The van der Waals surface area contributed by atoms with E-state index in [0.29, 0.717) is 0 Å². The van der Waals surface area contributed by atoms with E-state index in [1.807, 2.05) is 0 Å². The number of nitrogens with zero attached hydrogens (tertiary/aromatic N) is 1. The van der Waals surface area contributed by atoms with Crippen LogP contribution in [0.5, 0.6) is 0 Å². The minimum Gasteiger partial charge on any atom is -0.310 e. The number of para-hydroxylation sites is 1. The maximum atomic E-state index is 2.56. The zero-order chi connectivity index (χ0) is 31.3. The van der Waals surface area contributed by atoms with Gasteiger partial charge in [-0.1, -0.05) is 153 Å². The van der Waals surface area contributed by atoms with Gasteiger partial charge in [0.25, 0.3) is 0 Å². The molecular formula is C46H33N. The van der Waals surface area contributed by atoms with Crippen LogP contribution >= 0.6 is 0 Å². The Morgan fingerprint density at radius 2 is 0.723 bits per heavy atom. The van der Waals surface area contributed by atoms with Crippen LogP contribution in [0, 0.1) is 0 Å². The molecule has 0 heterocycles. The van der Waals surface area contributed by atoms with E-state index < -0.39 is 5.41 Å². The smallest absolute Gasteiger partial charge is 0.0746 e. The quantitative estimate of drug-likeness (QED) is 0.195. The Bertz CT molecular complexity index is 2330. The second-order valence-electron chi connectivity index (χ2n) is 13.6. The number of rotatable bonds is 3. The molecule has 3 aliphatic carbocycles. The van der Waals surface area contributed by atoms with Gasteiger partial charge in [-0.3, -0.25) is 0 Å². The largest absolute Gasteiger partial charge is 0.310 e. The summed E-state index contributed by atoms with van der Waals surface area (Å²) in [4.78, 5) is 2.56. The maximum absolute atomic E-state index is 2.56. The zero-order valence-electron chi connectivity index (χ0n) is 26.5. The highest BCUT2D eigenvalue weighted by Gasteiger charge is 2.53. The monoisotopic (exact) mass is 599 g/mol. The summed E-state index contributed by atoms with van der Waals surface area (Å²) in [6, 6.07) is 61.0. The molecule has 222 valence electrons. The van der Waals surface area contributed by atoms with Gasteiger partial charge in [0.05, 0.1) is 16.8 Å². The highest BCUT2D eigenvalue weighted by molar-refractivity contribution is 6.00. The van der Waals surface area contributed by atoms with Crippen LogP contribution < -0.4 is 4.90 Å². The molecule has 7 aromatic rings. The van der Waals surface area contributed by atoms with Crippen LogP contribution in [0.15, 0.2) is 164 Å². The molecule has 0 N–H and O–H groups in total. The number of fused-ring (bicyclic) bond motifs is 13. The second kappa shape index (κ2) is 9.44. The molecule has 47 heavy (non-hydrogen) atoms. The minimum absolute atomic E-state index is 0.166. The summed E-state index contributed by atoms with van der Waals surface area (Å²) in [6.07, 6.45) is 0. The molecule has 1 spiro atoms. The van der Waals surface area contributed by atoms with E-state index in [1.54, 1.807) is 0 Å². The molecule has 0 saturated carbocycles. The van der Waals surface area contributed by atoms with E-state index in [1.165, 1.54) is 78.1 Å². The minimum atomic E-state index is -0.445. The van der Waals surface area contributed by atoms with Gasteiger partial charge in [0.15, 0.2) is 0 Å². The molecule has 0 fully saturated rings. The summed E-state index contributed by atoms with van der Waals surface area (Å²) in [6.45, 7) is 4.78. The normalized spacial score (nSPS) is 14.9. The highest BCUT2D eigenvalue weighted by Crippen LogP contribution is 2.65. The third-order valence-corrected chi connectivity index (χ3v) is 11.0. The zero-order valence-corrected chi connectivity index (χ0v) is 26.5. The molecule has 0 aliphatic heterocycles. The molecule has 3 aliphatic rings. The first-order valence-corrected chi connectivity index (χ1v) is 16.6. The van der Waals surface area contributed by atoms with Gasteiger partial charge in [-0.15, -0.1) is 0 Å². The first kappa shape index (κ1) is 26.5. The predicted molar refractivity (Wildman–Crippen MR) is 195 cm³/mol. The second-order valence-corrected chi connectivity index (χ2v) is 13.6. The number of anilines is 3. The molecule has 7 aromatic carbocycles. The van der Waals surface area contributed by atoms with Gasteiger partial charge >= 0.3 is 0 Å². The highest BCUT2D eigenvalue weighted by atomic mass is 15.2. The van der Waals surface area contributed by atoms with E-state index >= 15 is 0 Å². The maximum Gasteiger partial charge on any atom is 0.0746 e. The standard InChI is InChI=1S/C46H33N/c1-45(2)37-24-10-6-20-33(37)35-22-14-28-41(43(35)45)47(30-16-4-3-5-17-30)42-29-15-23-36-34-21-9-13-27-40(34)46(44(36)42)38-25-11-7-18-31(38)32-19-8-12-26-39(32)46/h3-29H,1-2H3. The van der Waals surface area contributed by atoms with E-state index in [9.17, 15) is 0 Å². The molecule has 0 atom stereocenters. The Morgan fingerprint density at radius 1 is 0.340 bits per heavy atom.